The number of aromatic amines is 1. The van der Waals surface area contributed by atoms with E-state index in [0.717, 1.165) is 23.6 Å². The van der Waals surface area contributed by atoms with E-state index >= 15 is 0 Å². The lowest BCUT2D eigenvalue weighted by atomic mass is 10.1. The molecule has 1 N–H and O–H groups in total. The molecule has 2 aliphatic carbocycles. The van der Waals surface area contributed by atoms with Gasteiger partial charge in [0.2, 0.25) is 0 Å². The molecule has 3 atom stereocenters. The summed E-state index contributed by atoms with van der Waals surface area (Å²) >= 11 is 0. The number of rotatable bonds is 2. The van der Waals surface area contributed by atoms with Crippen LogP contribution in [0.15, 0.2) is 0 Å². The van der Waals surface area contributed by atoms with Gasteiger partial charge in [0.15, 0.2) is 5.69 Å². The van der Waals surface area contributed by atoms with Gasteiger partial charge in [-0.2, -0.15) is 5.10 Å². The second-order valence-electron chi connectivity index (χ2n) is 4.44. The summed E-state index contributed by atoms with van der Waals surface area (Å²) in [7, 11) is 0. The molecule has 0 bridgehead atoms. The fourth-order valence-electron chi connectivity index (χ4n) is 2.83. The molecule has 1 aromatic heterocycles. The van der Waals surface area contributed by atoms with Crippen molar-refractivity contribution < 1.29 is 9.53 Å². The van der Waals surface area contributed by atoms with E-state index in [2.05, 4.69) is 17.1 Å². The van der Waals surface area contributed by atoms with Crippen LogP contribution in [-0.4, -0.2) is 22.8 Å². The molecule has 1 saturated carbocycles. The van der Waals surface area contributed by atoms with Crippen LogP contribution in [-0.2, 0) is 11.2 Å². The molecule has 0 amide bonds. The SMILES string of the molecule is CCOC(=O)c1n[nH]c2c1[C@H]1[C@H](C)[C@H]1C2. The highest BCUT2D eigenvalue weighted by Crippen LogP contribution is 2.61. The Morgan fingerprint density at radius 1 is 1.67 bits per heavy atom. The Kier molecular flexibility index (Phi) is 1.69. The largest absolute Gasteiger partial charge is 0.461 e. The minimum atomic E-state index is -0.283. The predicted molar refractivity (Wildman–Crippen MR) is 53.6 cm³/mol. The van der Waals surface area contributed by atoms with Gasteiger partial charge in [0.1, 0.15) is 0 Å². The Morgan fingerprint density at radius 3 is 3.20 bits per heavy atom. The van der Waals surface area contributed by atoms with Gasteiger partial charge in [0.05, 0.1) is 6.61 Å². The monoisotopic (exact) mass is 206 g/mol. The Balaban J connectivity index is 1.95. The van der Waals surface area contributed by atoms with E-state index in [9.17, 15) is 4.79 Å². The van der Waals surface area contributed by atoms with E-state index in [1.54, 1.807) is 0 Å². The molecule has 3 rings (SSSR count). The minimum absolute atomic E-state index is 0.283. The highest BCUT2D eigenvalue weighted by Gasteiger charge is 2.55. The molecule has 0 saturated heterocycles. The number of hydrogen-bond acceptors (Lipinski definition) is 3. The number of nitrogens with one attached hydrogen (secondary N) is 1. The molecular formula is C11H14N2O2. The van der Waals surface area contributed by atoms with Gasteiger partial charge in [0, 0.05) is 11.3 Å². The van der Waals surface area contributed by atoms with E-state index in [1.807, 2.05) is 6.92 Å². The van der Waals surface area contributed by atoms with Crippen LogP contribution in [0.25, 0.3) is 0 Å². The zero-order valence-corrected chi connectivity index (χ0v) is 8.91. The third kappa shape index (κ3) is 1.07. The standard InChI is InChI=1S/C11H14N2O2/c1-3-15-11(14)10-9-7(12-13-10)4-6-5(2)8(6)9/h5-6,8H,3-4H2,1-2H3,(H,12,13)/t5-,6-,8+/m1/s1. The molecule has 0 aliphatic heterocycles. The number of carbonyl (C=O) groups excluding carboxylic acids is 1. The van der Waals surface area contributed by atoms with Gasteiger partial charge < -0.3 is 4.74 Å². The normalized spacial score (nSPS) is 30.9. The molecule has 1 heterocycles. The molecular weight excluding hydrogens is 192 g/mol. The van der Waals surface area contributed by atoms with Crippen molar-refractivity contribution in [1.82, 2.24) is 10.2 Å². The first-order valence-corrected chi connectivity index (χ1v) is 5.48. The first kappa shape index (κ1) is 8.95. The van der Waals surface area contributed by atoms with Gasteiger partial charge in [-0.3, -0.25) is 5.10 Å². The van der Waals surface area contributed by atoms with Crippen molar-refractivity contribution in [2.75, 3.05) is 6.61 Å². The quantitative estimate of drug-likeness (QED) is 0.746. The van der Waals surface area contributed by atoms with Gasteiger partial charge in [-0.05, 0) is 31.1 Å². The average Bonchev–Trinajstić information content (AvgIpc) is 2.63. The topological polar surface area (TPSA) is 55.0 Å². The number of fused-ring (bicyclic) bond motifs is 3. The van der Waals surface area contributed by atoms with Crippen molar-refractivity contribution in [3.8, 4) is 0 Å². The number of ether oxygens (including phenoxy) is 1. The summed E-state index contributed by atoms with van der Waals surface area (Å²) < 4.78 is 4.99. The van der Waals surface area contributed by atoms with Crippen molar-refractivity contribution in [2.45, 2.75) is 26.2 Å². The molecule has 4 heteroatoms. The number of H-pyrrole nitrogens is 1. The zero-order chi connectivity index (χ0) is 10.6. The fourth-order valence-corrected chi connectivity index (χ4v) is 2.83. The Morgan fingerprint density at radius 2 is 2.47 bits per heavy atom. The maximum absolute atomic E-state index is 11.6. The number of esters is 1. The van der Waals surface area contributed by atoms with Gasteiger partial charge in [-0.1, -0.05) is 6.92 Å². The third-order valence-electron chi connectivity index (χ3n) is 3.69. The van der Waals surface area contributed by atoms with Gasteiger partial charge in [-0.25, -0.2) is 4.79 Å². The number of carbonyl (C=O) groups is 1. The zero-order valence-electron chi connectivity index (χ0n) is 8.91. The van der Waals surface area contributed by atoms with Gasteiger partial charge in [0.25, 0.3) is 0 Å². The van der Waals surface area contributed by atoms with E-state index in [0.29, 0.717) is 24.1 Å². The molecule has 0 spiro atoms. The Labute approximate surface area is 88.0 Å². The molecule has 0 radical (unpaired) electrons. The van der Waals surface area contributed by atoms with Crippen LogP contribution in [0.4, 0.5) is 0 Å². The molecule has 0 unspecified atom stereocenters. The second-order valence-corrected chi connectivity index (χ2v) is 4.44. The molecule has 80 valence electrons. The summed E-state index contributed by atoms with van der Waals surface area (Å²) in [4.78, 5) is 11.6. The van der Waals surface area contributed by atoms with E-state index in [1.165, 1.54) is 0 Å². The van der Waals surface area contributed by atoms with Gasteiger partial charge >= 0.3 is 5.97 Å². The van der Waals surface area contributed by atoms with Crippen LogP contribution in [0.1, 0.15) is 41.5 Å². The predicted octanol–water partition coefficient (Wildman–Crippen LogP) is 1.49. The van der Waals surface area contributed by atoms with Crippen molar-refractivity contribution in [3.63, 3.8) is 0 Å². The van der Waals surface area contributed by atoms with E-state index < -0.39 is 0 Å². The lowest BCUT2D eigenvalue weighted by molar-refractivity contribution is 0.0518. The third-order valence-corrected chi connectivity index (χ3v) is 3.69. The molecule has 4 nitrogen and oxygen atoms in total. The molecule has 1 fully saturated rings. The summed E-state index contributed by atoms with van der Waals surface area (Å²) in [5.41, 5.74) is 2.79. The summed E-state index contributed by atoms with van der Waals surface area (Å²) in [6.07, 6.45) is 1.05. The van der Waals surface area contributed by atoms with Crippen LogP contribution >= 0.6 is 0 Å². The van der Waals surface area contributed by atoms with Crippen LogP contribution < -0.4 is 0 Å². The van der Waals surface area contributed by atoms with Crippen LogP contribution in [0.2, 0.25) is 0 Å². The average molecular weight is 206 g/mol. The second kappa shape index (κ2) is 2.84. The smallest absolute Gasteiger partial charge is 0.359 e. The highest BCUT2D eigenvalue weighted by atomic mass is 16.5. The summed E-state index contributed by atoms with van der Waals surface area (Å²) in [5, 5.41) is 7.02. The lowest BCUT2D eigenvalue weighted by Gasteiger charge is -2.01. The van der Waals surface area contributed by atoms with E-state index in [-0.39, 0.29) is 5.97 Å². The maximum Gasteiger partial charge on any atom is 0.359 e. The van der Waals surface area contributed by atoms with Crippen molar-refractivity contribution in [2.24, 2.45) is 11.8 Å². The summed E-state index contributed by atoms with van der Waals surface area (Å²) in [5.74, 6) is 1.72. The Hall–Kier alpha value is -1.32. The lowest BCUT2D eigenvalue weighted by Crippen LogP contribution is -2.07. The number of hydrogen-bond donors (Lipinski definition) is 1. The first-order chi connectivity index (χ1) is 7.24. The molecule has 15 heavy (non-hydrogen) atoms. The minimum Gasteiger partial charge on any atom is -0.461 e. The summed E-state index contributed by atoms with van der Waals surface area (Å²) in [6.45, 7) is 4.46. The van der Waals surface area contributed by atoms with Crippen molar-refractivity contribution in [3.05, 3.63) is 17.0 Å². The fraction of sp³-hybridized carbons (Fsp3) is 0.636. The summed E-state index contributed by atoms with van der Waals surface area (Å²) in [6, 6.07) is 0. The van der Waals surface area contributed by atoms with Crippen LogP contribution in [0.3, 0.4) is 0 Å². The highest BCUT2D eigenvalue weighted by molar-refractivity contribution is 5.90. The van der Waals surface area contributed by atoms with Crippen molar-refractivity contribution >= 4 is 5.97 Å². The maximum atomic E-state index is 11.6. The number of nitrogens with zero attached hydrogens (tertiary/aromatic N) is 1. The molecule has 2 aliphatic rings. The first-order valence-electron chi connectivity index (χ1n) is 5.48. The van der Waals surface area contributed by atoms with Gasteiger partial charge in [-0.15, -0.1) is 0 Å². The van der Waals surface area contributed by atoms with Crippen molar-refractivity contribution in [1.29, 1.82) is 0 Å². The molecule has 0 aromatic carbocycles. The van der Waals surface area contributed by atoms with Crippen LogP contribution in [0.5, 0.6) is 0 Å². The number of aromatic nitrogens is 2. The molecule has 1 aromatic rings. The van der Waals surface area contributed by atoms with E-state index in [4.69, 9.17) is 4.74 Å². The Bertz CT molecular complexity index is 424. The van der Waals surface area contributed by atoms with Crippen LogP contribution in [0, 0.1) is 11.8 Å².